The summed E-state index contributed by atoms with van der Waals surface area (Å²) in [5.41, 5.74) is 18.7. The zero-order valence-electron chi connectivity index (χ0n) is 40.9. The Morgan fingerprint density at radius 3 is 0.436 bits per heavy atom. The maximum atomic E-state index is 11.8. The van der Waals surface area contributed by atoms with Gasteiger partial charge in [-0.3, -0.25) is 28.8 Å². The SMILES string of the molecule is O=Cc1ccc(-c2cc3nc4c5nc6cc(-c7ccc(C=O)cc7)c(-c7ccc(C=O)cc7)cc6nc5c5nc6cc(-c7ccc(C=O)cc7)c(-c7ccc(C=O)cc7)cc6nc5c4nc3cc2-c2ccc(C=O)cc2)cc1. The summed E-state index contributed by atoms with van der Waals surface area (Å²) < 4.78 is 0. The maximum Gasteiger partial charge on any atom is 0.150 e. The quantitative estimate of drug-likeness (QED) is 0.0643. The molecular weight excluding hydrogens is 973 g/mol. The molecule has 0 aliphatic carbocycles. The summed E-state index contributed by atoms with van der Waals surface area (Å²) in [6, 6.07) is 55.5. The van der Waals surface area contributed by atoms with E-state index in [9.17, 15) is 28.8 Å². The van der Waals surface area contributed by atoms with E-state index in [0.717, 1.165) is 104 Å². The van der Waals surface area contributed by atoms with Crippen molar-refractivity contribution in [2.24, 2.45) is 0 Å². The fourth-order valence-electron chi connectivity index (χ4n) is 10.2. The van der Waals surface area contributed by atoms with Crippen molar-refractivity contribution in [1.29, 1.82) is 0 Å². The van der Waals surface area contributed by atoms with E-state index >= 15 is 0 Å². The van der Waals surface area contributed by atoms with Crippen molar-refractivity contribution in [2.75, 3.05) is 0 Å². The number of fused-ring (bicyclic) bond motifs is 9. The molecule has 12 heteroatoms. The minimum atomic E-state index is 0.417. The van der Waals surface area contributed by atoms with E-state index in [4.69, 9.17) is 29.9 Å². The Hall–Kier alpha value is -11.0. The van der Waals surface area contributed by atoms with Crippen molar-refractivity contribution in [3.63, 3.8) is 0 Å². The average molecular weight is 1010 g/mol. The summed E-state index contributed by atoms with van der Waals surface area (Å²) in [7, 11) is 0. The topological polar surface area (TPSA) is 180 Å². The zero-order valence-corrected chi connectivity index (χ0v) is 40.9. The van der Waals surface area contributed by atoms with Gasteiger partial charge in [-0.15, -0.1) is 0 Å². The molecule has 10 aromatic carbocycles. The van der Waals surface area contributed by atoms with Gasteiger partial charge in [-0.2, -0.15) is 0 Å². The Bertz CT molecular complexity index is 3880. The molecule has 0 aliphatic heterocycles. The van der Waals surface area contributed by atoms with Gasteiger partial charge in [-0.05, 0) is 103 Å². The molecule has 0 saturated carbocycles. The Morgan fingerprint density at radius 2 is 0.321 bits per heavy atom. The fourth-order valence-corrected chi connectivity index (χ4v) is 10.2. The maximum absolute atomic E-state index is 11.8. The lowest BCUT2D eigenvalue weighted by atomic mass is 9.92. The third-order valence-electron chi connectivity index (χ3n) is 14.2. The second kappa shape index (κ2) is 19.1. The number of hydrogen-bond donors (Lipinski definition) is 0. The van der Waals surface area contributed by atoms with Crippen molar-refractivity contribution >= 4 is 104 Å². The number of carbonyl (C=O) groups is 6. The van der Waals surface area contributed by atoms with Crippen LogP contribution in [0, 0.1) is 0 Å². The minimum Gasteiger partial charge on any atom is -0.298 e. The fraction of sp³-hybridized carbons (Fsp3) is 0. The largest absolute Gasteiger partial charge is 0.298 e. The van der Waals surface area contributed by atoms with Crippen LogP contribution in [0.2, 0.25) is 0 Å². The minimum absolute atomic E-state index is 0.417. The molecule has 13 rings (SSSR count). The highest BCUT2D eigenvalue weighted by Gasteiger charge is 2.23. The summed E-state index contributed by atoms with van der Waals surface area (Å²) in [4.78, 5) is 103. The molecule has 78 heavy (non-hydrogen) atoms. The van der Waals surface area contributed by atoms with Crippen molar-refractivity contribution in [3.8, 4) is 66.8 Å². The predicted octanol–water partition coefficient (Wildman–Crippen LogP) is 13.9. The molecule has 3 heterocycles. The number of nitrogens with zero attached hydrogens (tertiary/aromatic N) is 6. The van der Waals surface area contributed by atoms with Crippen LogP contribution in [0.15, 0.2) is 182 Å². The van der Waals surface area contributed by atoms with Crippen LogP contribution in [-0.4, -0.2) is 67.6 Å². The molecule has 0 N–H and O–H groups in total. The van der Waals surface area contributed by atoms with Gasteiger partial charge in [-0.1, -0.05) is 146 Å². The molecule has 0 unspecified atom stereocenters. The van der Waals surface area contributed by atoms with E-state index in [1.807, 2.05) is 109 Å². The number of rotatable bonds is 12. The van der Waals surface area contributed by atoms with Gasteiger partial charge in [-0.25, -0.2) is 29.9 Å². The highest BCUT2D eigenvalue weighted by atomic mass is 16.1. The monoisotopic (exact) mass is 1010 g/mol. The van der Waals surface area contributed by atoms with Gasteiger partial charge in [0.05, 0.1) is 33.1 Å². The molecule has 0 aliphatic rings. The Kier molecular flexibility index (Phi) is 11.4. The molecule has 0 spiro atoms. The molecule has 0 fully saturated rings. The molecule has 12 nitrogen and oxygen atoms in total. The first-order chi connectivity index (χ1) is 38.3. The summed E-state index contributed by atoms with van der Waals surface area (Å²) in [6.07, 6.45) is 4.79. The number of aromatic nitrogens is 6. The zero-order chi connectivity index (χ0) is 53.0. The summed E-state index contributed by atoms with van der Waals surface area (Å²) >= 11 is 0. The van der Waals surface area contributed by atoms with Crippen molar-refractivity contribution in [3.05, 3.63) is 215 Å². The molecule has 0 atom stereocenters. The molecule has 13 aromatic rings. The van der Waals surface area contributed by atoms with Gasteiger partial charge in [0.25, 0.3) is 0 Å². The van der Waals surface area contributed by atoms with Gasteiger partial charge in [0.1, 0.15) is 70.8 Å². The molecule has 0 radical (unpaired) electrons. The van der Waals surface area contributed by atoms with Crippen molar-refractivity contribution in [2.45, 2.75) is 0 Å². The average Bonchev–Trinajstić information content (AvgIpc) is 3.68. The normalized spacial score (nSPS) is 11.4. The summed E-state index contributed by atoms with van der Waals surface area (Å²) in [6.45, 7) is 0. The van der Waals surface area contributed by atoms with E-state index < -0.39 is 0 Å². The van der Waals surface area contributed by atoms with E-state index in [2.05, 4.69) is 0 Å². The number of aldehydes is 6. The van der Waals surface area contributed by atoms with E-state index in [-0.39, 0.29) is 0 Å². The Morgan fingerprint density at radius 1 is 0.192 bits per heavy atom. The van der Waals surface area contributed by atoms with Gasteiger partial charge in [0.15, 0.2) is 0 Å². The first-order valence-electron chi connectivity index (χ1n) is 24.7. The molecule has 3 aromatic heterocycles. The van der Waals surface area contributed by atoms with Crippen molar-refractivity contribution in [1.82, 2.24) is 29.9 Å². The first kappa shape index (κ1) is 46.8. The van der Waals surface area contributed by atoms with Crippen LogP contribution in [0.5, 0.6) is 0 Å². The number of hydrogen-bond acceptors (Lipinski definition) is 12. The molecule has 0 bridgehead atoms. The Labute approximate surface area is 442 Å². The van der Waals surface area contributed by atoms with Crippen LogP contribution in [0.1, 0.15) is 62.1 Å². The lowest BCUT2D eigenvalue weighted by molar-refractivity contribution is 0.111. The van der Waals surface area contributed by atoms with Crippen LogP contribution in [-0.2, 0) is 0 Å². The molecular formula is C66H36N6O6. The first-order valence-corrected chi connectivity index (χ1v) is 24.7. The predicted molar refractivity (Wildman–Crippen MR) is 303 cm³/mol. The highest BCUT2D eigenvalue weighted by molar-refractivity contribution is 6.21. The number of benzene rings is 10. The smallest absolute Gasteiger partial charge is 0.150 e. The third-order valence-corrected chi connectivity index (χ3v) is 14.2. The highest BCUT2D eigenvalue weighted by Crippen LogP contribution is 2.42. The summed E-state index contributed by atoms with van der Waals surface area (Å²) in [5, 5.41) is 0. The lowest BCUT2D eigenvalue weighted by Crippen LogP contribution is -2.00. The van der Waals surface area contributed by atoms with Gasteiger partial charge in [0, 0.05) is 33.4 Å². The third kappa shape index (κ3) is 8.13. The van der Waals surface area contributed by atoms with E-state index in [1.165, 1.54) is 0 Å². The summed E-state index contributed by atoms with van der Waals surface area (Å²) in [5.74, 6) is 0. The van der Waals surface area contributed by atoms with Crippen LogP contribution in [0.4, 0.5) is 0 Å². The van der Waals surface area contributed by atoms with E-state index in [1.54, 1.807) is 72.8 Å². The van der Waals surface area contributed by atoms with Gasteiger partial charge in [0.2, 0.25) is 0 Å². The van der Waals surface area contributed by atoms with Crippen LogP contribution >= 0.6 is 0 Å². The van der Waals surface area contributed by atoms with Crippen LogP contribution in [0.25, 0.3) is 133 Å². The van der Waals surface area contributed by atoms with Gasteiger partial charge < -0.3 is 0 Å². The number of carbonyl (C=O) groups excluding carboxylic acids is 6. The Balaban J connectivity index is 1.14. The molecule has 366 valence electrons. The standard InChI is InChI=1S/C66H36N6O6/c73-31-37-1-13-43(14-2-37)49-25-55-56(26-50(49)44-15-3-38(32-74)4-16-44)68-62-61(67-55)63-65(71-58-28-52(46-19-7-40(34-76)8-20-46)51(27-57(58)69-63)45-17-5-39(33-75)6-18-45)66-64(62)70-59-29-53(47-21-9-41(35-77)10-22-47)54(30-60(59)72-66)48-23-11-42(36-78)12-24-48/h1-36H. The second-order valence-corrected chi connectivity index (χ2v) is 18.9. The van der Waals surface area contributed by atoms with Crippen LogP contribution < -0.4 is 0 Å². The van der Waals surface area contributed by atoms with Gasteiger partial charge >= 0.3 is 0 Å². The lowest BCUT2D eigenvalue weighted by Gasteiger charge is -2.16. The van der Waals surface area contributed by atoms with Crippen LogP contribution in [0.3, 0.4) is 0 Å². The molecule has 0 amide bonds. The van der Waals surface area contributed by atoms with E-state index in [0.29, 0.717) is 99.6 Å². The van der Waals surface area contributed by atoms with Crippen molar-refractivity contribution < 1.29 is 28.8 Å². The molecule has 0 saturated heterocycles. The second-order valence-electron chi connectivity index (χ2n) is 18.9.